The van der Waals surface area contributed by atoms with E-state index in [9.17, 15) is 34.3 Å². The molecule has 0 unspecified atom stereocenters. The number of hydrogen-bond donors (Lipinski definition) is 0. The van der Waals surface area contributed by atoms with Crippen LogP contribution in [0.2, 0.25) is 0 Å². The SMILES string of the molecule is Cc1ccc(-c2c[se]c(=NC(=O)c3ccc([N+](=O)[O-])cc3)n2-c2ccc(S(F)(F)(F)(F)F)cc2)cc1. The van der Waals surface area contributed by atoms with Crippen molar-refractivity contribution >= 4 is 36.3 Å². The summed E-state index contributed by atoms with van der Waals surface area (Å²) in [7, 11) is -9.86. The topological polar surface area (TPSA) is 77.5 Å². The van der Waals surface area contributed by atoms with Gasteiger partial charge in [-0.1, -0.05) is 0 Å². The second-order valence-corrected chi connectivity index (χ2v) is 12.0. The van der Waals surface area contributed by atoms with Gasteiger partial charge in [0.05, 0.1) is 0 Å². The Labute approximate surface area is 207 Å². The maximum atomic E-state index is 13.2. The first-order valence-electron chi connectivity index (χ1n) is 10.1. The summed E-state index contributed by atoms with van der Waals surface area (Å²) in [5, 5.41) is 10.8. The molecule has 0 saturated carbocycles. The predicted molar refractivity (Wildman–Crippen MR) is 127 cm³/mol. The van der Waals surface area contributed by atoms with E-state index in [-0.39, 0.29) is 21.3 Å². The van der Waals surface area contributed by atoms with Crippen LogP contribution in [0.4, 0.5) is 25.1 Å². The average molecular weight is 588 g/mol. The summed E-state index contributed by atoms with van der Waals surface area (Å²) >= 11 is -0.532. The van der Waals surface area contributed by atoms with Gasteiger partial charge in [-0.05, 0) is 0 Å². The van der Waals surface area contributed by atoms with Gasteiger partial charge in [0.15, 0.2) is 0 Å². The van der Waals surface area contributed by atoms with Crippen LogP contribution in [0.25, 0.3) is 16.9 Å². The van der Waals surface area contributed by atoms with Crippen LogP contribution in [0.1, 0.15) is 15.9 Å². The molecule has 4 rings (SSSR count). The minimum absolute atomic E-state index is 0.0731. The van der Waals surface area contributed by atoms with E-state index in [4.69, 9.17) is 0 Å². The molecule has 0 aliphatic heterocycles. The van der Waals surface area contributed by atoms with Crippen molar-refractivity contribution in [2.75, 3.05) is 0 Å². The first kappa shape index (κ1) is 25.5. The van der Waals surface area contributed by atoms with Crippen LogP contribution in [0.15, 0.2) is 87.6 Å². The Morgan fingerprint density at radius 2 is 1.50 bits per heavy atom. The van der Waals surface area contributed by atoms with Crippen LogP contribution in [0.5, 0.6) is 0 Å². The molecule has 0 atom stereocenters. The van der Waals surface area contributed by atoms with E-state index in [1.165, 1.54) is 16.7 Å². The molecule has 1 heterocycles. The number of benzene rings is 3. The van der Waals surface area contributed by atoms with Gasteiger partial charge in [0.25, 0.3) is 0 Å². The summed E-state index contributed by atoms with van der Waals surface area (Å²) in [4.78, 5) is 26.9. The van der Waals surface area contributed by atoms with Gasteiger partial charge >= 0.3 is 207 Å². The number of nitrogens with zero attached hydrogens (tertiary/aromatic N) is 3. The number of non-ortho nitro benzene ring substituents is 1. The Morgan fingerprint density at radius 1 is 0.917 bits per heavy atom. The van der Waals surface area contributed by atoms with Crippen molar-refractivity contribution in [2.24, 2.45) is 4.99 Å². The second-order valence-electron chi connectivity index (χ2n) is 7.79. The Kier molecular flexibility index (Phi) is 5.86. The maximum absolute atomic E-state index is 13.2. The molecule has 0 aliphatic carbocycles. The van der Waals surface area contributed by atoms with Crippen molar-refractivity contribution in [3.05, 3.63) is 103 Å². The van der Waals surface area contributed by atoms with Crippen molar-refractivity contribution in [2.45, 2.75) is 11.8 Å². The minimum atomic E-state index is -9.86. The number of hydrogen-bond acceptors (Lipinski definition) is 3. The van der Waals surface area contributed by atoms with E-state index >= 15 is 0 Å². The first-order chi connectivity index (χ1) is 16.6. The Morgan fingerprint density at radius 3 is 2.03 bits per heavy atom. The molecule has 0 bridgehead atoms. The van der Waals surface area contributed by atoms with Gasteiger partial charge < -0.3 is 0 Å². The fourth-order valence-electron chi connectivity index (χ4n) is 3.29. The van der Waals surface area contributed by atoms with E-state index in [1.54, 1.807) is 17.1 Å². The zero-order valence-corrected chi connectivity index (χ0v) is 20.8. The van der Waals surface area contributed by atoms with E-state index in [0.29, 0.717) is 23.4 Å². The number of rotatable bonds is 5. The van der Waals surface area contributed by atoms with E-state index in [0.717, 1.165) is 29.8 Å². The van der Waals surface area contributed by atoms with Gasteiger partial charge in [-0.2, -0.15) is 0 Å². The number of nitro groups is 1. The van der Waals surface area contributed by atoms with Gasteiger partial charge in [-0.15, -0.1) is 0 Å². The summed E-state index contributed by atoms with van der Waals surface area (Å²) in [6, 6.07) is 14.5. The van der Waals surface area contributed by atoms with Crippen LogP contribution < -0.4 is 4.36 Å². The molecule has 1 aromatic heterocycles. The first-order valence-corrected chi connectivity index (χ1v) is 13.9. The van der Waals surface area contributed by atoms with Crippen molar-refractivity contribution < 1.29 is 29.1 Å². The van der Waals surface area contributed by atoms with Gasteiger partial charge in [0.2, 0.25) is 0 Å². The third-order valence-corrected chi connectivity index (χ3v) is 8.01. The average Bonchev–Trinajstić information content (AvgIpc) is 3.21. The van der Waals surface area contributed by atoms with Crippen LogP contribution in [0.3, 0.4) is 0 Å². The van der Waals surface area contributed by atoms with Crippen LogP contribution >= 0.6 is 10.2 Å². The van der Waals surface area contributed by atoms with Crippen molar-refractivity contribution in [1.82, 2.24) is 4.57 Å². The molecule has 0 radical (unpaired) electrons. The molecule has 6 nitrogen and oxygen atoms in total. The molecular formula is C23H16F5N3O3SSe. The number of halogens is 5. The van der Waals surface area contributed by atoms with Gasteiger partial charge in [-0.3, -0.25) is 0 Å². The molecule has 0 N–H and O–H groups in total. The number of amides is 1. The number of carbonyl (C=O) groups excluding carboxylic acids is 1. The number of nitro benzene ring substituents is 1. The number of carbonyl (C=O) groups is 1. The van der Waals surface area contributed by atoms with Crippen LogP contribution in [-0.2, 0) is 0 Å². The van der Waals surface area contributed by atoms with Crippen LogP contribution in [-0.4, -0.2) is 29.9 Å². The van der Waals surface area contributed by atoms with Crippen molar-refractivity contribution in [3.63, 3.8) is 0 Å². The summed E-state index contributed by atoms with van der Waals surface area (Å²) in [5.41, 5.74) is 2.17. The Bertz CT molecular complexity index is 1550. The van der Waals surface area contributed by atoms with Gasteiger partial charge in [0, 0.05) is 0 Å². The Balaban J connectivity index is 1.86. The predicted octanol–water partition coefficient (Wildman–Crippen LogP) is 6.82. The van der Waals surface area contributed by atoms with Gasteiger partial charge in [-0.25, -0.2) is 0 Å². The molecule has 3 aromatic carbocycles. The van der Waals surface area contributed by atoms with E-state index < -0.39 is 40.5 Å². The summed E-state index contributed by atoms with van der Waals surface area (Å²) in [6.45, 7) is 1.88. The third-order valence-electron chi connectivity index (χ3n) is 5.12. The quantitative estimate of drug-likeness (QED) is 0.111. The van der Waals surface area contributed by atoms with Crippen LogP contribution in [0, 0.1) is 17.0 Å². The van der Waals surface area contributed by atoms with Crippen molar-refractivity contribution in [3.8, 4) is 16.9 Å². The third kappa shape index (κ3) is 5.48. The molecule has 4 aromatic rings. The molecule has 188 valence electrons. The zero-order valence-electron chi connectivity index (χ0n) is 18.3. The summed E-state index contributed by atoms with van der Waals surface area (Å²) in [6.07, 6.45) is 0. The molecule has 0 aliphatic rings. The zero-order chi connectivity index (χ0) is 26.4. The number of aromatic nitrogens is 1. The molecule has 0 spiro atoms. The fraction of sp³-hybridized carbons (Fsp3) is 0.0435. The van der Waals surface area contributed by atoms with Crippen molar-refractivity contribution in [1.29, 1.82) is 0 Å². The Hall–Kier alpha value is -3.54. The standard InChI is InChI=1S/C23H16F5N3O3SSe/c1-15-2-4-16(5-3-15)21-14-36-23(29-22(32)17-6-8-19(9-7-17)31(33)34)30(21)18-10-12-20(13-11-18)35(24,25,26,27)28/h2-14H,1H3. The molecule has 1 amide bonds. The molecule has 0 saturated heterocycles. The fourth-order valence-corrected chi connectivity index (χ4v) is 5.84. The summed E-state index contributed by atoms with van der Waals surface area (Å²) < 4.78 is 67.7. The normalized spacial score (nSPS) is 14.2. The van der Waals surface area contributed by atoms with E-state index in [2.05, 4.69) is 4.99 Å². The molecular weight excluding hydrogens is 572 g/mol. The summed E-state index contributed by atoms with van der Waals surface area (Å²) in [5.74, 6) is -0.714. The van der Waals surface area contributed by atoms with Gasteiger partial charge in [0.1, 0.15) is 0 Å². The second kappa shape index (κ2) is 8.26. The monoisotopic (exact) mass is 589 g/mol. The van der Waals surface area contributed by atoms with E-state index in [1.807, 2.05) is 19.1 Å². The molecule has 13 heteroatoms. The molecule has 36 heavy (non-hydrogen) atoms. The molecule has 0 fully saturated rings. The number of aryl methyl sites for hydroxylation is 1.